The smallest absolute Gasteiger partial charge is 0.161 e. The summed E-state index contributed by atoms with van der Waals surface area (Å²) in [6.45, 7) is 0.741. The molecule has 6 heteroatoms. The summed E-state index contributed by atoms with van der Waals surface area (Å²) in [4.78, 5) is 8.75. The van der Waals surface area contributed by atoms with E-state index >= 15 is 0 Å². The summed E-state index contributed by atoms with van der Waals surface area (Å²) in [6.07, 6.45) is 1.53. The average molecular weight is 328 g/mol. The quantitative estimate of drug-likeness (QED) is 0.753. The molecule has 5 nitrogen and oxygen atoms in total. The molecule has 0 amide bonds. The first-order valence-electron chi connectivity index (χ1n) is 7.22. The Morgan fingerprint density at radius 3 is 2.96 bits per heavy atom. The molecule has 1 aliphatic heterocycles. The highest BCUT2D eigenvalue weighted by atomic mass is 35.5. The standard InChI is InChI=1S/C17H14ClN3O2/c1-23-16-5-11-14(6-15(16)22)20-8-21-17(11)12-7-19-13-4-9(18)2-3-10(12)13/h2-6,8,12,19,22H,7H2,1H3. The third-order valence-corrected chi connectivity index (χ3v) is 4.42. The SMILES string of the molecule is COc1cc2c(C3CNc4cc(Cl)ccc43)ncnc2cc1O. The maximum Gasteiger partial charge on any atom is 0.161 e. The zero-order chi connectivity index (χ0) is 16.0. The van der Waals surface area contributed by atoms with Crippen LogP contribution in [0.3, 0.4) is 0 Å². The van der Waals surface area contributed by atoms with Gasteiger partial charge in [-0.1, -0.05) is 17.7 Å². The number of nitrogens with one attached hydrogen (secondary N) is 1. The number of methoxy groups -OCH3 is 1. The second-order valence-electron chi connectivity index (χ2n) is 5.47. The van der Waals surface area contributed by atoms with Gasteiger partial charge in [-0.25, -0.2) is 9.97 Å². The largest absolute Gasteiger partial charge is 0.504 e. The van der Waals surface area contributed by atoms with Crippen molar-refractivity contribution in [2.24, 2.45) is 0 Å². The molecule has 1 unspecified atom stereocenters. The highest BCUT2D eigenvalue weighted by molar-refractivity contribution is 6.30. The van der Waals surface area contributed by atoms with Crippen molar-refractivity contribution in [3.8, 4) is 11.5 Å². The molecule has 0 radical (unpaired) electrons. The van der Waals surface area contributed by atoms with Crippen LogP contribution in [-0.4, -0.2) is 28.7 Å². The number of nitrogens with zero attached hydrogens (tertiary/aromatic N) is 2. The van der Waals surface area contributed by atoms with Crippen molar-refractivity contribution < 1.29 is 9.84 Å². The van der Waals surface area contributed by atoms with Gasteiger partial charge in [0.2, 0.25) is 0 Å². The zero-order valence-corrected chi connectivity index (χ0v) is 13.1. The van der Waals surface area contributed by atoms with E-state index in [2.05, 4.69) is 15.3 Å². The van der Waals surface area contributed by atoms with Gasteiger partial charge in [0, 0.05) is 34.6 Å². The summed E-state index contributed by atoms with van der Waals surface area (Å²) in [5.74, 6) is 0.583. The molecule has 0 saturated heterocycles. The fourth-order valence-corrected chi connectivity index (χ4v) is 3.26. The lowest BCUT2D eigenvalue weighted by atomic mass is 9.94. The van der Waals surface area contributed by atoms with E-state index in [0.717, 1.165) is 28.9 Å². The van der Waals surface area contributed by atoms with E-state index in [1.807, 2.05) is 18.2 Å². The van der Waals surface area contributed by atoms with Crippen LogP contribution in [0.4, 0.5) is 5.69 Å². The summed E-state index contributed by atoms with van der Waals surface area (Å²) in [6, 6.07) is 9.22. The second kappa shape index (κ2) is 5.28. The highest BCUT2D eigenvalue weighted by Gasteiger charge is 2.27. The number of hydrogen-bond acceptors (Lipinski definition) is 5. The number of rotatable bonds is 2. The van der Waals surface area contributed by atoms with Crippen LogP contribution in [0.1, 0.15) is 17.2 Å². The molecule has 1 aromatic heterocycles. The fourth-order valence-electron chi connectivity index (χ4n) is 3.08. The van der Waals surface area contributed by atoms with Crippen molar-refractivity contribution >= 4 is 28.2 Å². The molecule has 0 saturated carbocycles. The van der Waals surface area contributed by atoms with Gasteiger partial charge in [0.15, 0.2) is 11.5 Å². The number of hydrogen-bond donors (Lipinski definition) is 2. The monoisotopic (exact) mass is 327 g/mol. The van der Waals surface area contributed by atoms with Gasteiger partial charge < -0.3 is 15.2 Å². The summed E-state index contributed by atoms with van der Waals surface area (Å²) < 4.78 is 5.22. The molecule has 0 bridgehead atoms. The zero-order valence-electron chi connectivity index (χ0n) is 12.4. The van der Waals surface area contributed by atoms with E-state index in [-0.39, 0.29) is 11.7 Å². The molecular weight excluding hydrogens is 314 g/mol. The predicted octanol–water partition coefficient (Wildman–Crippen LogP) is 3.55. The van der Waals surface area contributed by atoms with Crippen LogP contribution in [0.2, 0.25) is 5.02 Å². The number of benzene rings is 2. The van der Waals surface area contributed by atoms with Gasteiger partial charge in [0.05, 0.1) is 18.3 Å². The minimum Gasteiger partial charge on any atom is -0.504 e. The fraction of sp³-hybridized carbons (Fsp3) is 0.176. The third kappa shape index (κ3) is 2.24. The summed E-state index contributed by atoms with van der Waals surface area (Å²) in [7, 11) is 1.53. The molecule has 1 atom stereocenters. The van der Waals surface area contributed by atoms with E-state index in [4.69, 9.17) is 16.3 Å². The summed E-state index contributed by atoms with van der Waals surface area (Å²) in [5, 5.41) is 14.9. The van der Waals surface area contributed by atoms with Crippen LogP contribution >= 0.6 is 11.6 Å². The van der Waals surface area contributed by atoms with Crippen molar-refractivity contribution in [3.63, 3.8) is 0 Å². The number of fused-ring (bicyclic) bond motifs is 2. The van der Waals surface area contributed by atoms with Crippen molar-refractivity contribution in [2.75, 3.05) is 19.0 Å². The minimum absolute atomic E-state index is 0.0707. The number of phenols is 1. The Hall–Kier alpha value is -2.53. The van der Waals surface area contributed by atoms with E-state index in [1.54, 1.807) is 12.1 Å². The number of halogens is 1. The maximum atomic E-state index is 9.94. The molecule has 1 aliphatic rings. The predicted molar refractivity (Wildman–Crippen MR) is 89.5 cm³/mol. The van der Waals surface area contributed by atoms with Crippen LogP contribution in [0.5, 0.6) is 11.5 Å². The number of aromatic nitrogens is 2. The molecule has 3 aromatic rings. The summed E-state index contributed by atoms with van der Waals surface area (Å²) in [5.41, 5.74) is 3.78. The minimum atomic E-state index is 0.0707. The van der Waals surface area contributed by atoms with Crippen molar-refractivity contribution in [1.29, 1.82) is 0 Å². The lowest BCUT2D eigenvalue weighted by Gasteiger charge is -2.13. The Morgan fingerprint density at radius 2 is 2.13 bits per heavy atom. The van der Waals surface area contributed by atoms with Gasteiger partial charge in [0.1, 0.15) is 6.33 Å². The topological polar surface area (TPSA) is 67.3 Å². The third-order valence-electron chi connectivity index (χ3n) is 4.18. The number of aromatic hydroxyl groups is 1. The lowest BCUT2D eigenvalue weighted by Crippen LogP contribution is -2.07. The molecule has 0 fully saturated rings. The van der Waals surface area contributed by atoms with Crippen LogP contribution in [0, 0.1) is 0 Å². The van der Waals surface area contributed by atoms with Crippen molar-refractivity contribution in [3.05, 3.63) is 52.9 Å². The van der Waals surface area contributed by atoms with Crippen LogP contribution < -0.4 is 10.1 Å². The first kappa shape index (κ1) is 14.1. The molecular formula is C17H14ClN3O2. The number of phenolic OH excluding ortho intramolecular Hbond substituents is 1. The normalized spacial score (nSPS) is 16.2. The first-order valence-corrected chi connectivity index (χ1v) is 7.60. The number of ether oxygens (including phenoxy) is 1. The Bertz CT molecular complexity index is 914. The molecule has 2 aromatic carbocycles. The Labute approximate surface area is 137 Å². The molecule has 2 heterocycles. The Balaban J connectivity index is 1.91. The van der Waals surface area contributed by atoms with Crippen LogP contribution in [0.15, 0.2) is 36.7 Å². The second-order valence-corrected chi connectivity index (χ2v) is 5.90. The van der Waals surface area contributed by atoms with E-state index in [9.17, 15) is 5.11 Å². The average Bonchev–Trinajstić information content (AvgIpc) is 2.96. The first-order chi connectivity index (χ1) is 11.2. The molecule has 2 N–H and O–H groups in total. The van der Waals surface area contributed by atoms with E-state index in [1.165, 1.54) is 13.4 Å². The van der Waals surface area contributed by atoms with Gasteiger partial charge >= 0.3 is 0 Å². The van der Waals surface area contributed by atoms with E-state index in [0.29, 0.717) is 16.3 Å². The van der Waals surface area contributed by atoms with Crippen molar-refractivity contribution in [1.82, 2.24) is 9.97 Å². The molecule has 0 aliphatic carbocycles. The van der Waals surface area contributed by atoms with Gasteiger partial charge in [-0.05, 0) is 23.8 Å². The Morgan fingerprint density at radius 1 is 1.26 bits per heavy atom. The number of anilines is 1. The van der Waals surface area contributed by atoms with Gasteiger partial charge in [-0.15, -0.1) is 0 Å². The molecule has 116 valence electrons. The van der Waals surface area contributed by atoms with Gasteiger partial charge in [-0.2, -0.15) is 0 Å². The maximum absolute atomic E-state index is 9.94. The van der Waals surface area contributed by atoms with E-state index < -0.39 is 0 Å². The van der Waals surface area contributed by atoms with Gasteiger partial charge in [0.25, 0.3) is 0 Å². The summed E-state index contributed by atoms with van der Waals surface area (Å²) >= 11 is 6.06. The van der Waals surface area contributed by atoms with Gasteiger partial charge in [-0.3, -0.25) is 0 Å². The molecule has 0 spiro atoms. The highest BCUT2D eigenvalue weighted by Crippen LogP contribution is 2.40. The molecule has 23 heavy (non-hydrogen) atoms. The van der Waals surface area contributed by atoms with Crippen LogP contribution in [0.25, 0.3) is 10.9 Å². The Kier molecular flexibility index (Phi) is 3.23. The van der Waals surface area contributed by atoms with Crippen LogP contribution in [-0.2, 0) is 0 Å². The van der Waals surface area contributed by atoms with Crippen molar-refractivity contribution in [2.45, 2.75) is 5.92 Å². The lowest BCUT2D eigenvalue weighted by molar-refractivity contribution is 0.374. The molecule has 4 rings (SSSR count).